The van der Waals surface area contributed by atoms with Gasteiger partial charge in [-0.25, -0.2) is 0 Å². The number of aliphatic hydroxyl groups excluding tert-OH is 2. The van der Waals surface area contributed by atoms with Gasteiger partial charge in [-0.2, -0.15) is 0 Å². The quantitative estimate of drug-likeness (QED) is 0.719. The summed E-state index contributed by atoms with van der Waals surface area (Å²) in [6.07, 6.45) is 5.78. The van der Waals surface area contributed by atoms with E-state index in [1.54, 1.807) is 0 Å². The van der Waals surface area contributed by atoms with Gasteiger partial charge in [0, 0.05) is 6.04 Å². The van der Waals surface area contributed by atoms with Crippen LogP contribution in [0.4, 0.5) is 0 Å². The third kappa shape index (κ3) is 3.69. The van der Waals surface area contributed by atoms with Crippen LogP contribution < -0.4 is 5.32 Å². The maximum atomic E-state index is 9.79. The van der Waals surface area contributed by atoms with Gasteiger partial charge in [0.1, 0.15) is 0 Å². The van der Waals surface area contributed by atoms with Crippen molar-refractivity contribution in [2.24, 2.45) is 17.8 Å². The Labute approximate surface area is 111 Å². The molecule has 2 fully saturated rings. The van der Waals surface area contributed by atoms with Gasteiger partial charge in [-0.3, -0.25) is 0 Å². The highest BCUT2D eigenvalue weighted by Crippen LogP contribution is 2.43. The Bertz CT molecular complexity index is 257. The van der Waals surface area contributed by atoms with Gasteiger partial charge in [-0.15, -0.1) is 0 Å². The minimum absolute atomic E-state index is 0.467. The minimum atomic E-state index is -0.473. The van der Waals surface area contributed by atoms with Crippen LogP contribution in [0.5, 0.6) is 0 Å². The van der Waals surface area contributed by atoms with Crippen molar-refractivity contribution in [1.29, 1.82) is 0 Å². The van der Waals surface area contributed by atoms with Crippen molar-refractivity contribution in [1.82, 2.24) is 5.32 Å². The van der Waals surface area contributed by atoms with Crippen LogP contribution in [0.2, 0.25) is 0 Å². The number of fused-ring (bicyclic) bond motifs is 1. The summed E-state index contributed by atoms with van der Waals surface area (Å²) in [5.41, 5.74) is 0. The number of hydrogen-bond donors (Lipinski definition) is 3. The number of hydrogen-bond acceptors (Lipinski definition) is 3. The van der Waals surface area contributed by atoms with E-state index in [-0.39, 0.29) is 0 Å². The first-order chi connectivity index (χ1) is 8.56. The largest absolute Gasteiger partial charge is 0.390 e. The predicted octanol–water partition coefficient (Wildman–Crippen LogP) is 1.92. The van der Waals surface area contributed by atoms with Crippen LogP contribution >= 0.6 is 0 Å². The van der Waals surface area contributed by atoms with Crippen molar-refractivity contribution in [3.05, 3.63) is 0 Å². The van der Waals surface area contributed by atoms with Crippen molar-refractivity contribution < 1.29 is 10.2 Å². The first kappa shape index (κ1) is 14.3. The molecule has 0 aromatic rings. The molecular weight excluding hydrogens is 226 g/mol. The van der Waals surface area contributed by atoms with Crippen LogP contribution in [0.25, 0.3) is 0 Å². The highest BCUT2D eigenvalue weighted by atomic mass is 16.3. The van der Waals surface area contributed by atoms with Crippen molar-refractivity contribution in [2.45, 2.75) is 70.6 Å². The molecule has 106 valence electrons. The van der Waals surface area contributed by atoms with Crippen LogP contribution in [-0.4, -0.2) is 35.0 Å². The summed E-state index contributed by atoms with van der Waals surface area (Å²) in [6, 6.07) is 0.577. The first-order valence-electron chi connectivity index (χ1n) is 7.65. The molecule has 0 heterocycles. The molecule has 3 N–H and O–H groups in total. The molecule has 0 saturated heterocycles. The van der Waals surface area contributed by atoms with Crippen molar-refractivity contribution >= 4 is 0 Å². The zero-order chi connectivity index (χ0) is 13.1. The summed E-state index contributed by atoms with van der Waals surface area (Å²) in [4.78, 5) is 0. The predicted molar refractivity (Wildman–Crippen MR) is 73.3 cm³/mol. The summed E-state index contributed by atoms with van der Waals surface area (Å²) >= 11 is 0. The fourth-order valence-corrected chi connectivity index (χ4v) is 3.80. The summed E-state index contributed by atoms with van der Waals surface area (Å²) in [5.74, 6) is 2.14. The van der Waals surface area contributed by atoms with E-state index in [2.05, 4.69) is 19.2 Å². The molecule has 5 atom stereocenters. The van der Waals surface area contributed by atoms with E-state index in [4.69, 9.17) is 0 Å². The second-order valence-electron chi connectivity index (χ2n) is 6.70. The molecule has 2 rings (SSSR count). The molecule has 0 spiro atoms. The van der Waals surface area contributed by atoms with Gasteiger partial charge in [-0.1, -0.05) is 20.3 Å². The molecule has 3 heteroatoms. The van der Waals surface area contributed by atoms with E-state index < -0.39 is 12.2 Å². The van der Waals surface area contributed by atoms with Crippen LogP contribution in [0.1, 0.15) is 52.4 Å². The molecule has 18 heavy (non-hydrogen) atoms. The van der Waals surface area contributed by atoms with Crippen molar-refractivity contribution in [3.63, 3.8) is 0 Å². The number of nitrogens with one attached hydrogen (secondary N) is 1. The van der Waals surface area contributed by atoms with Gasteiger partial charge < -0.3 is 15.5 Å². The Morgan fingerprint density at radius 2 is 1.67 bits per heavy atom. The van der Waals surface area contributed by atoms with Gasteiger partial charge >= 0.3 is 0 Å². The van der Waals surface area contributed by atoms with Crippen molar-refractivity contribution in [2.75, 3.05) is 6.54 Å². The second kappa shape index (κ2) is 6.36. The van der Waals surface area contributed by atoms with Crippen molar-refractivity contribution in [3.8, 4) is 0 Å². The highest BCUT2D eigenvalue weighted by Gasteiger charge is 2.38. The Morgan fingerprint density at radius 3 is 2.33 bits per heavy atom. The second-order valence-corrected chi connectivity index (χ2v) is 6.70. The third-order valence-corrected chi connectivity index (χ3v) is 4.89. The normalized spacial score (nSPS) is 40.8. The molecule has 0 radical (unpaired) electrons. The fraction of sp³-hybridized carbons (Fsp3) is 1.00. The molecule has 0 amide bonds. The molecule has 0 aromatic carbocycles. The molecule has 3 nitrogen and oxygen atoms in total. The number of aliphatic hydroxyl groups is 2. The maximum absolute atomic E-state index is 9.79. The molecule has 2 saturated carbocycles. The molecule has 2 aliphatic carbocycles. The van der Waals surface area contributed by atoms with E-state index in [9.17, 15) is 10.2 Å². The smallest absolute Gasteiger partial charge is 0.0802 e. The summed E-state index contributed by atoms with van der Waals surface area (Å²) < 4.78 is 0. The van der Waals surface area contributed by atoms with Crippen LogP contribution in [0.3, 0.4) is 0 Å². The molecule has 0 bridgehead atoms. The first-order valence-corrected chi connectivity index (χ1v) is 7.65. The lowest BCUT2D eigenvalue weighted by Crippen LogP contribution is -2.41. The van der Waals surface area contributed by atoms with Crippen LogP contribution in [0, 0.1) is 17.8 Å². The lowest BCUT2D eigenvalue weighted by molar-refractivity contribution is -0.0627. The van der Waals surface area contributed by atoms with E-state index in [0.29, 0.717) is 17.9 Å². The molecule has 0 aliphatic heterocycles. The van der Waals surface area contributed by atoms with Gasteiger partial charge in [0.05, 0.1) is 12.2 Å². The lowest BCUT2D eigenvalue weighted by Gasteiger charge is -2.43. The molecule has 0 aromatic heterocycles. The van der Waals surface area contributed by atoms with E-state index >= 15 is 0 Å². The topological polar surface area (TPSA) is 52.5 Å². The van der Waals surface area contributed by atoms with Gasteiger partial charge in [0.15, 0.2) is 0 Å². The monoisotopic (exact) mass is 255 g/mol. The Morgan fingerprint density at radius 1 is 1.00 bits per heavy atom. The Kier molecular flexibility index (Phi) is 5.05. The summed E-state index contributed by atoms with van der Waals surface area (Å²) in [6.45, 7) is 5.50. The van der Waals surface area contributed by atoms with E-state index in [1.165, 1.54) is 25.7 Å². The average molecular weight is 255 g/mol. The zero-order valence-corrected chi connectivity index (χ0v) is 11.8. The lowest BCUT2D eigenvalue weighted by atomic mass is 9.65. The van der Waals surface area contributed by atoms with Crippen LogP contribution in [-0.2, 0) is 0 Å². The Hall–Kier alpha value is -0.120. The summed E-state index contributed by atoms with van der Waals surface area (Å²) in [5, 5.41) is 23.0. The standard InChI is InChI=1S/C15H29NO2/c1-10(2)16-6-5-11-3-4-12-8-14(17)15(18)9-13(12)7-11/h10-18H,3-9H2,1-2H3. The molecular formula is C15H29NO2. The van der Waals surface area contributed by atoms with Crippen LogP contribution in [0.15, 0.2) is 0 Å². The van der Waals surface area contributed by atoms with Gasteiger partial charge in [0.2, 0.25) is 0 Å². The van der Waals surface area contributed by atoms with Gasteiger partial charge in [0.25, 0.3) is 0 Å². The highest BCUT2D eigenvalue weighted by molar-refractivity contribution is 4.90. The average Bonchev–Trinajstić information content (AvgIpc) is 2.30. The fourth-order valence-electron chi connectivity index (χ4n) is 3.80. The minimum Gasteiger partial charge on any atom is -0.390 e. The van der Waals surface area contributed by atoms with E-state index in [1.807, 2.05) is 0 Å². The number of rotatable bonds is 4. The summed E-state index contributed by atoms with van der Waals surface area (Å²) in [7, 11) is 0. The maximum Gasteiger partial charge on any atom is 0.0802 e. The van der Waals surface area contributed by atoms with E-state index in [0.717, 1.165) is 25.3 Å². The zero-order valence-electron chi connectivity index (χ0n) is 11.8. The molecule has 5 unspecified atom stereocenters. The van der Waals surface area contributed by atoms with Gasteiger partial charge in [-0.05, 0) is 56.4 Å². The Balaban J connectivity index is 1.75. The molecule has 2 aliphatic rings. The third-order valence-electron chi connectivity index (χ3n) is 4.89. The SMILES string of the molecule is CC(C)NCCC1CCC2CC(O)C(O)CC2C1.